The van der Waals surface area contributed by atoms with Gasteiger partial charge in [0, 0.05) is 17.7 Å². The average Bonchev–Trinajstić information content (AvgIpc) is 2.26. The lowest BCUT2D eigenvalue weighted by molar-refractivity contribution is 0.409. The average molecular weight is 242 g/mol. The molecule has 0 fully saturated rings. The molecule has 0 aromatic carbocycles. The first-order valence-electron chi connectivity index (χ1n) is 6.40. The molecule has 0 spiro atoms. The predicted octanol–water partition coefficient (Wildman–Crippen LogP) is 2.00. The van der Waals surface area contributed by atoms with Crippen molar-refractivity contribution in [2.24, 2.45) is 11.7 Å². The second kappa shape index (κ2) is 3.69. The van der Waals surface area contributed by atoms with Crippen molar-refractivity contribution in [2.75, 3.05) is 0 Å². The number of nitrogens with one attached hydrogen (secondary N) is 1. The number of hydrogen-bond donors (Lipinski definition) is 2. The van der Waals surface area contributed by atoms with Gasteiger partial charge in [-0.3, -0.25) is 4.79 Å². The van der Waals surface area contributed by atoms with Crippen molar-refractivity contribution in [3.8, 4) is 0 Å². The summed E-state index contributed by atoms with van der Waals surface area (Å²) in [6.45, 7) is 4.19. The second-order valence-electron chi connectivity index (χ2n) is 5.43. The topological polar surface area (TPSA) is 58.9 Å². The summed E-state index contributed by atoms with van der Waals surface area (Å²) < 4.78 is 0. The first-order chi connectivity index (χ1) is 8.54. The molecular formula is C15H18N2O. The molecule has 3 heteroatoms. The van der Waals surface area contributed by atoms with Gasteiger partial charge in [-0.05, 0) is 43.9 Å². The van der Waals surface area contributed by atoms with Gasteiger partial charge >= 0.3 is 0 Å². The Morgan fingerprint density at radius 1 is 1.50 bits per heavy atom. The van der Waals surface area contributed by atoms with Crippen LogP contribution in [-0.4, -0.2) is 4.98 Å². The van der Waals surface area contributed by atoms with Gasteiger partial charge in [0.1, 0.15) is 0 Å². The number of rotatable bonds is 0. The number of allylic oxidation sites excluding steroid dienone is 2. The van der Waals surface area contributed by atoms with Gasteiger partial charge in [0.25, 0.3) is 0 Å². The number of hydrogen-bond acceptors (Lipinski definition) is 2. The lowest BCUT2D eigenvalue weighted by Crippen LogP contribution is -2.48. The fourth-order valence-corrected chi connectivity index (χ4v) is 3.57. The normalized spacial score (nSPS) is 32.1. The van der Waals surface area contributed by atoms with Crippen LogP contribution in [0.5, 0.6) is 0 Å². The molecule has 94 valence electrons. The zero-order valence-electron chi connectivity index (χ0n) is 10.8. The Kier molecular flexibility index (Phi) is 2.35. The molecule has 3 N–H and O–H groups in total. The van der Waals surface area contributed by atoms with E-state index in [4.69, 9.17) is 5.73 Å². The SMILES string of the molecule is C/C=C1/C2C=C(C)CC1(N)c1ccc(=O)[nH]c1C2. The number of aromatic amines is 1. The van der Waals surface area contributed by atoms with Crippen molar-refractivity contribution >= 4 is 0 Å². The molecule has 18 heavy (non-hydrogen) atoms. The van der Waals surface area contributed by atoms with Crippen LogP contribution < -0.4 is 11.3 Å². The van der Waals surface area contributed by atoms with Crippen LogP contribution in [0.3, 0.4) is 0 Å². The van der Waals surface area contributed by atoms with E-state index in [0.717, 1.165) is 24.1 Å². The minimum Gasteiger partial charge on any atom is -0.326 e. The van der Waals surface area contributed by atoms with E-state index < -0.39 is 5.54 Å². The summed E-state index contributed by atoms with van der Waals surface area (Å²) in [5.41, 5.74) is 10.9. The van der Waals surface area contributed by atoms with Crippen LogP contribution in [-0.2, 0) is 12.0 Å². The molecule has 2 aliphatic carbocycles. The molecule has 2 unspecified atom stereocenters. The summed E-state index contributed by atoms with van der Waals surface area (Å²) in [5.74, 6) is 0.333. The molecule has 0 aliphatic heterocycles. The summed E-state index contributed by atoms with van der Waals surface area (Å²) in [4.78, 5) is 14.4. The van der Waals surface area contributed by atoms with E-state index in [1.54, 1.807) is 6.07 Å². The third-order valence-electron chi connectivity index (χ3n) is 4.17. The minimum absolute atomic E-state index is 0.0416. The molecule has 0 saturated carbocycles. The molecule has 2 aliphatic rings. The Balaban J connectivity index is 2.28. The van der Waals surface area contributed by atoms with Crippen LogP contribution in [0.2, 0.25) is 0 Å². The number of H-pyrrole nitrogens is 1. The molecule has 2 bridgehead atoms. The Morgan fingerprint density at radius 3 is 3.00 bits per heavy atom. The van der Waals surface area contributed by atoms with E-state index in [2.05, 4.69) is 31.0 Å². The number of fused-ring (bicyclic) bond motifs is 4. The monoisotopic (exact) mass is 242 g/mol. The highest BCUT2D eigenvalue weighted by atomic mass is 16.1. The number of aromatic nitrogens is 1. The molecule has 0 radical (unpaired) electrons. The van der Waals surface area contributed by atoms with Gasteiger partial charge in [0.2, 0.25) is 5.56 Å². The second-order valence-corrected chi connectivity index (χ2v) is 5.43. The van der Waals surface area contributed by atoms with Gasteiger partial charge < -0.3 is 10.7 Å². The third kappa shape index (κ3) is 1.44. The third-order valence-corrected chi connectivity index (χ3v) is 4.17. The molecule has 1 aromatic heterocycles. The largest absolute Gasteiger partial charge is 0.326 e. The minimum atomic E-state index is -0.434. The van der Waals surface area contributed by atoms with E-state index in [0.29, 0.717) is 5.92 Å². The zero-order valence-corrected chi connectivity index (χ0v) is 10.8. The highest BCUT2D eigenvalue weighted by molar-refractivity contribution is 5.48. The van der Waals surface area contributed by atoms with Gasteiger partial charge in [-0.15, -0.1) is 0 Å². The zero-order chi connectivity index (χ0) is 12.9. The van der Waals surface area contributed by atoms with Crippen LogP contribution in [0.15, 0.2) is 40.2 Å². The number of pyridine rings is 1. The quantitative estimate of drug-likeness (QED) is 0.684. The molecule has 1 aromatic rings. The molecule has 0 amide bonds. The molecular weight excluding hydrogens is 224 g/mol. The first kappa shape index (κ1) is 11.5. The Hall–Kier alpha value is -1.61. The first-order valence-corrected chi connectivity index (χ1v) is 6.40. The fraction of sp³-hybridized carbons (Fsp3) is 0.400. The van der Waals surface area contributed by atoms with Crippen molar-refractivity contribution in [1.82, 2.24) is 4.98 Å². The van der Waals surface area contributed by atoms with E-state index in [1.807, 2.05) is 6.07 Å². The van der Waals surface area contributed by atoms with Crippen LogP contribution in [0, 0.1) is 5.92 Å². The van der Waals surface area contributed by atoms with E-state index >= 15 is 0 Å². The summed E-state index contributed by atoms with van der Waals surface area (Å²) in [6, 6.07) is 3.47. The smallest absolute Gasteiger partial charge is 0.248 e. The summed E-state index contributed by atoms with van der Waals surface area (Å²) in [6.07, 6.45) is 6.11. The van der Waals surface area contributed by atoms with E-state index in [1.165, 1.54) is 11.1 Å². The van der Waals surface area contributed by atoms with Gasteiger partial charge in [-0.25, -0.2) is 0 Å². The lowest BCUT2D eigenvalue weighted by atomic mass is 9.63. The standard InChI is InChI=1S/C15H18N2O/c1-3-11-10-6-9(2)8-15(11,16)12-4-5-14(18)17-13(12)7-10/h3-6,10H,7-8,16H2,1-2H3,(H,17,18)/b11-3-. The maximum Gasteiger partial charge on any atom is 0.248 e. The van der Waals surface area contributed by atoms with Crippen molar-refractivity contribution < 1.29 is 0 Å². The lowest BCUT2D eigenvalue weighted by Gasteiger charge is -2.45. The van der Waals surface area contributed by atoms with E-state index in [9.17, 15) is 4.79 Å². The molecule has 1 heterocycles. The van der Waals surface area contributed by atoms with Gasteiger partial charge in [0.15, 0.2) is 0 Å². The van der Waals surface area contributed by atoms with Gasteiger partial charge in [-0.2, -0.15) is 0 Å². The highest BCUT2D eigenvalue weighted by Gasteiger charge is 2.43. The van der Waals surface area contributed by atoms with Crippen LogP contribution >= 0.6 is 0 Å². The maximum atomic E-state index is 11.5. The van der Waals surface area contributed by atoms with Gasteiger partial charge in [-0.1, -0.05) is 17.7 Å². The molecule has 3 nitrogen and oxygen atoms in total. The Labute approximate surface area is 106 Å². The van der Waals surface area contributed by atoms with Crippen molar-refractivity contribution in [3.63, 3.8) is 0 Å². The van der Waals surface area contributed by atoms with Crippen LogP contribution in [0.1, 0.15) is 31.5 Å². The molecule has 3 rings (SSSR count). The summed E-state index contributed by atoms with van der Waals surface area (Å²) >= 11 is 0. The van der Waals surface area contributed by atoms with Crippen molar-refractivity contribution in [3.05, 3.63) is 57.0 Å². The molecule has 0 saturated heterocycles. The predicted molar refractivity (Wildman–Crippen MR) is 72.3 cm³/mol. The summed E-state index contributed by atoms with van der Waals surface area (Å²) in [7, 11) is 0. The van der Waals surface area contributed by atoms with Crippen molar-refractivity contribution in [2.45, 2.75) is 32.2 Å². The fourth-order valence-electron chi connectivity index (χ4n) is 3.57. The summed E-state index contributed by atoms with van der Waals surface area (Å²) in [5, 5.41) is 0. The number of nitrogens with two attached hydrogens (primary N) is 1. The Bertz CT molecular complexity index is 624. The van der Waals surface area contributed by atoms with Crippen LogP contribution in [0.4, 0.5) is 0 Å². The highest BCUT2D eigenvalue weighted by Crippen LogP contribution is 2.47. The van der Waals surface area contributed by atoms with Crippen molar-refractivity contribution in [1.29, 1.82) is 0 Å². The maximum absolute atomic E-state index is 11.5. The van der Waals surface area contributed by atoms with Crippen LogP contribution in [0.25, 0.3) is 0 Å². The molecule has 2 atom stereocenters. The van der Waals surface area contributed by atoms with E-state index in [-0.39, 0.29) is 5.56 Å². The van der Waals surface area contributed by atoms with Gasteiger partial charge in [0.05, 0.1) is 5.54 Å². The Morgan fingerprint density at radius 2 is 2.28 bits per heavy atom.